The van der Waals surface area contributed by atoms with E-state index < -0.39 is 0 Å². The van der Waals surface area contributed by atoms with E-state index in [1.807, 2.05) is 12.1 Å². The fourth-order valence-electron chi connectivity index (χ4n) is 2.70. The van der Waals surface area contributed by atoms with Crippen LogP contribution in [0.2, 0.25) is 0 Å². The highest BCUT2D eigenvalue weighted by molar-refractivity contribution is 5.70. The summed E-state index contributed by atoms with van der Waals surface area (Å²) in [5.74, 6) is 1.63. The van der Waals surface area contributed by atoms with Crippen LogP contribution < -0.4 is 15.4 Å². The second-order valence-corrected chi connectivity index (χ2v) is 6.28. The highest BCUT2D eigenvalue weighted by Gasteiger charge is 2.15. The molecule has 1 saturated heterocycles. The number of nitrogens with zero attached hydrogens (tertiary/aromatic N) is 1. The summed E-state index contributed by atoms with van der Waals surface area (Å²) in [6, 6.07) is 10.3. The number of ether oxygens (including phenoxy) is 1. The van der Waals surface area contributed by atoms with E-state index in [1.165, 1.54) is 5.56 Å². The normalized spacial score (nSPS) is 14.4. The van der Waals surface area contributed by atoms with Crippen molar-refractivity contribution in [3.8, 4) is 5.75 Å². The van der Waals surface area contributed by atoms with Gasteiger partial charge in [0.2, 0.25) is 0 Å². The van der Waals surface area contributed by atoms with E-state index in [-0.39, 0.29) is 0 Å². The Morgan fingerprint density at radius 2 is 1.96 bits per heavy atom. The van der Waals surface area contributed by atoms with Gasteiger partial charge in [0.15, 0.2) is 0 Å². The van der Waals surface area contributed by atoms with Gasteiger partial charge in [-0.3, -0.25) is 4.98 Å². The summed E-state index contributed by atoms with van der Waals surface area (Å²) >= 11 is 0. The largest absolute Gasteiger partial charge is 0.490 e. The van der Waals surface area contributed by atoms with E-state index in [2.05, 4.69) is 52.5 Å². The molecular formula is C21H25N3O. The van der Waals surface area contributed by atoms with Crippen LogP contribution in [0.3, 0.4) is 0 Å². The zero-order valence-electron chi connectivity index (χ0n) is 14.4. The van der Waals surface area contributed by atoms with Crippen LogP contribution in [0.4, 0.5) is 0 Å². The van der Waals surface area contributed by atoms with Gasteiger partial charge in [-0.25, -0.2) is 0 Å². The molecule has 2 N–H and O–H groups in total. The number of benzene rings is 1. The van der Waals surface area contributed by atoms with Crippen LogP contribution in [0.1, 0.15) is 16.7 Å². The van der Waals surface area contributed by atoms with Crippen LogP contribution in [0.25, 0.3) is 12.2 Å². The lowest BCUT2D eigenvalue weighted by atomic mass is 10.0. The van der Waals surface area contributed by atoms with Gasteiger partial charge in [0.25, 0.3) is 0 Å². The molecule has 3 rings (SSSR count). The molecule has 25 heavy (non-hydrogen) atoms. The first-order valence-electron chi connectivity index (χ1n) is 8.70. The molecule has 0 bridgehead atoms. The molecule has 0 aliphatic carbocycles. The molecule has 2 heterocycles. The summed E-state index contributed by atoms with van der Waals surface area (Å²) in [4.78, 5) is 4.05. The molecule has 0 radical (unpaired) electrons. The highest BCUT2D eigenvalue weighted by Crippen LogP contribution is 2.20. The van der Waals surface area contributed by atoms with Gasteiger partial charge < -0.3 is 15.4 Å². The van der Waals surface area contributed by atoms with E-state index in [0.717, 1.165) is 49.0 Å². The Kier molecular flexibility index (Phi) is 6.37. The van der Waals surface area contributed by atoms with Crippen LogP contribution in [0.5, 0.6) is 5.75 Å². The minimum Gasteiger partial charge on any atom is -0.490 e. The monoisotopic (exact) mass is 335 g/mol. The minimum absolute atomic E-state index is 0.512. The molecule has 2 aromatic rings. The number of aromatic nitrogens is 1. The van der Waals surface area contributed by atoms with Crippen molar-refractivity contribution in [2.24, 2.45) is 5.92 Å². The first kappa shape index (κ1) is 17.4. The Morgan fingerprint density at radius 3 is 2.68 bits per heavy atom. The number of pyridine rings is 1. The standard InChI is InChI=1S/C21H25N3O/c1-2-9-25-21-11-18(4-3-17-5-7-22-8-6-17)10-19(12-21)13-23-14-20-15-24-16-20/h2-8,10-12,20,23-24H,1,9,13-16H2/b4-3+. The van der Waals surface area contributed by atoms with Gasteiger partial charge >= 0.3 is 0 Å². The number of nitrogens with one attached hydrogen (secondary N) is 2. The predicted octanol–water partition coefficient (Wildman–Crippen LogP) is 3.13. The van der Waals surface area contributed by atoms with Crippen LogP contribution in [0, 0.1) is 5.92 Å². The summed E-state index contributed by atoms with van der Waals surface area (Å²) in [6.07, 6.45) is 9.56. The lowest BCUT2D eigenvalue weighted by Crippen LogP contribution is -2.47. The third-order valence-electron chi connectivity index (χ3n) is 4.16. The van der Waals surface area contributed by atoms with Crippen molar-refractivity contribution in [2.75, 3.05) is 26.2 Å². The molecule has 1 aliphatic heterocycles. The van der Waals surface area contributed by atoms with Crippen molar-refractivity contribution >= 4 is 12.2 Å². The molecular weight excluding hydrogens is 310 g/mol. The maximum atomic E-state index is 5.75. The third-order valence-corrected chi connectivity index (χ3v) is 4.16. The van der Waals surface area contributed by atoms with Gasteiger partial charge in [-0.05, 0) is 46.9 Å². The maximum Gasteiger partial charge on any atom is 0.120 e. The Labute approximate surface area is 149 Å². The van der Waals surface area contributed by atoms with Crippen LogP contribution in [0.15, 0.2) is 55.4 Å². The zero-order valence-corrected chi connectivity index (χ0v) is 14.4. The number of hydrogen-bond donors (Lipinski definition) is 2. The maximum absolute atomic E-state index is 5.75. The van der Waals surface area contributed by atoms with Crippen LogP contribution in [-0.2, 0) is 6.54 Å². The first-order valence-corrected chi connectivity index (χ1v) is 8.70. The molecule has 1 aliphatic rings. The predicted molar refractivity (Wildman–Crippen MR) is 103 cm³/mol. The first-order chi connectivity index (χ1) is 12.3. The number of hydrogen-bond acceptors (Lipinski definition) is 4. The third kappa shape index (κ3) is 5.55. The van der Waals surface area contributed by atoms with Gasteiger partial charge in [-0.15, -0.1) is 0 Å². The van der Waals surface area contributed by atoms with Crippen molar-refractivity contribution in [2.45, 2.75) is 6.54 Å². The Bertz CT molecular complexity index is 708. The topological polar surface area (TPSA) is 46.2 Å². The van der Waals surface area contributed by atoms with Gasteiger partial charge in [-0.2, -0.15) is 0 Å². The van der Waals surface area contributed by atoms with E-state index in [1.54, 1.807) is 18.5 Å². The Morgan fingerprint density at radius 1 is 1.16 bits per heavy atom. The Balaban J connectivity index is 1.69. The van der Waals surface area contributed by atoms with Crippen molar-refractivity contribution in [3.05, 3.63) is 72.1 Å². The lowest BCUT2D eigenvalue weighted by Gasteiger charge is -2.27. The van der Waals surface area contributed by atoms with Crippen molar-refractivity contribution < 1.29 is 4.74 Å². The second-order valence-electron chi connectivity index (χ2n) is 6.28. The number of rotatable bonds is 9. The molecule has 1 aromatic heterocycles. The fourth-order valence-corrected chi connectivity index (χ4v) is 2.70. The zero-order chi connectivity index (χ0) is 17.3. The van der Waals surface area contributed by atoms with Gasteiger partial charge in [-0.1, -0.05) is 30.9 Å². The average molecular weight is 335 g/mol. The van der Waals surface area contributed by atoms with Crippen LogP contribution >= 0.6 is 0 Å². The molecule has 0 spiro atoms. The van der Waals surface area contributed by atoms with Crippen molar-refractivity contribution in [1.82, 2.24) is 15.6 Å². The second kappa shape index (κ2) is 9.16. The van der Waals surface area contributed by atoms with Gasteiger partial charge in [0.1, 0.15) is 12.4 Å². The van der Waals surface area contributed by atoms with Crippen LogP contribution in [-0.4, -0.2) is 31.2 Å². The average Bonchev–Trinajstić information content (AvgIpc) is 2.61. The smallest absolute Gasteiger partial charge is 0.120 e. The summed E-state index contributed by atoms with van der Waals surface area (Å²) in [6.45, 7) is 8.36. The van der Waals surface area contributed by atoms with Crippen molar-refractivity contribution in [3.63, 3.8) is 0 Å². The summed E-state index contributed by atoms with van der Waals surface area (Å²) in [5.41, 5.74) is 3.48. The quantitative estimate of drug-likeness (QED) is 0.691. The molecule has 4 heteroatoms. The summed E-state index contributed by atoms with van der Waals surface area (Å²) in [7, 11) is 0. The van der Waals surface area contributed by atoms with Gasteiger partial charge in [0.05, 0.1) is 0 Å². The minimum atomic E-state index is 0.512. The lowest BCUT2D eigenvalue weighted by molar-refractivity contribution is 0.331. The highest BCUT2D eigenvalue weighted by atomic mass is 16.5. The van der Waals surface area contributed by atoms with Crippen molar-refractivity contribution in [1.29, 1.82) is 0 Å². The molecule has 130 valence electrons. The molecule has 0 amide bonds. The molecule has 1 aromatic carbocycles. The van der Waals surface area contributed by atoms with E-state index in [4.69, 9.17) is 4.74 Å². The van der Waals surface area contributed by atoms with E-state index in [0.29, 0.717) is 6.61 Å². The molecule has 0 saturated carbocycles. The molecule has 4 nitrogen and oxygen atoms in total. The van der Waals surface area contributed by atoms with Gasteiger partial charge in [0, 0.05) is 38.6 Å². The molecule has 1 fully saturated rings. The van der Waals surface area contributed by atoms with E-state index >= 15 is 0 Å². The SMILES string of the molecule is C=CCOc1cc(/C=C/c2ccncc2)cc(CNCC2CNC2)c1. The fraction of sp³-hybridized carbons (Fsp3) is 0.286. The molecule has 0 atom stereocenters. The molecule has 0 unspecified atom stereocenters. The van der Waals surface area contributed by atoms with E-state index in [9.17, 15) is 0 Å². The summed E-state index contributed by atoms with van der Waals surface area (Å²) in [5, 5.41) is 6.84. The Hall–Kier alpha value is -2.43. The summed E-state index contributed by atoms with van der Waals surface area (Å²) < 4.78 is 5.75.